The van der Waals surface area contributed by atoms with Crippen LogP contribution in [-0.4, -0.2) is 31.7 Å². The highest BCUT2D eigenvalue weighted by molar-refractivity contribution is 7.99. The molecule has 1 heterocycles. The third kappa shape index (κ3) is 2.84. The van der Waals surface area contributed by atoms with E-state index in [0.717, 1.165) is 22.0 Å². The van der Waals surface area contributed by atoms with Crippen molar-refractivity contribution in [2.24, 2.45) is 0 Å². The summed E-state index contributed by atoms with van der Waals surface area (Å²) in [5, 5.41) is 16.5. The molecular weight excluding hydrogens is 271 g/mol. The van der Waals surface area contributed by atoms with Gasteiger partial charge >= 0.3 is 5.97 Å². The summed E-state index contributed by atoms with van der Waals surface area (Å²) < 4.78 is 14.4. The lowest BCUT2D eigenvalue weighted by Gasteiger charge is -2.05. The summed E-state index contributed by atoms with van der Waals surface area (Å²) in [6, 6.07) is 4.27. The monoisotopic (exact) mass is 282 g/mol. The van der Waals surface area contributed by atoms with Crippen molar-refractivity contribution < 1.29 is 14.3 Å². The van der Waals surface area contributed by atoms with Gasteiger partial charge in [0.15, 0.2) is 5.82 Å². The van der Waals surface area contributed by atoms with Crippen LogP contribution in [-0.2, 0) is 4.79 Å². The maximum atomic E-state index is 13.2. The van der Waals surface area contributed by atoms with Crippen LogP contribution in [0.5, 0.6) is 0 Å². The first-order valence-corrected chi connectivity index (χ1v) is 6.29. The van der Waals surface area contributed by atoms with Crippen LogP contribution in [0.2, 0.25) is 0 Å². The van der Waals surface area contributed by atoms with Crippen LogP contribution in [0.3, 0.4) is 0 Å². The summed E-state index contributed by atoms with van der Waals surface area (Å²) >= 11 is 0.952. The van der Waals surface area contributed by atoms with Crippen molar-refractivity contribution in [1.29, 1.82) is 0 Å². The first kappa shape index (κ1) is 13.3. The number of thioether (sulfide) groups is 1. The van der Waals surface area contributed by atoms with Gasteiger partial charge < -0.3 is 10.9 Å². The lowest BCUT2D eigenvalue weighted by atomic mass is 10.1. The van der Waals surface area contributed by atoms with Gasteiger partial charge in [-0.1, -0.05) is 17.8 Å². The van der Waals surface area contributed by atoms with Gasteiger partial charge in [0, 0.05) is 5.56 Å². The number of aromatic nitrogens is 3. The number of carbonyl (C=O) groups is 1. The van der Waals surface area contributed by atoms with E-state index in [2.05, 4.69) is 10.2 Å². The molecule has 0 spiro atoms. The molecule has 0 saturated carbocycles. The Morgan fingerprint density at radius 3 is 2.95 bits per heavy atom. The molecule has 2 aromatic rings. The average Bonchev–Trinajstić information content (AvgIpc) is 2.71. The molecule has 0 radical (unpaired) electrons. The van der Waals surface area contributed by atoms with Gasteiger partial charge in [0.2, 0.25) is 5.16 Å². The van der Waals surface area contributed by atoms with Gasteiger partial charge in [-0.05, 0) is 24.6 Å². The van der Waals surface area contributed by atoms with Crippen molar-refractivity contribution in [2.75, 3.05) is 11.6 Å². The smallest absolute Gasteiger partial charge is 0.313 e. The summed E-state index contributed by atoms with van der Waals surface area (Å²) in [5.74, 6) is 4.55. The number of benzene rings is 1. The largest absolute Gasteiger partial charge is 0.481 e. The van der Waals surface area contributed by atoms with Gasteiger partial charge in [-0.15, -0.1) is 10.2 Å². The SMILES string of the molecule is Cc1ccc(F)cc1-c1nnc(SCC(=O)O)n1N. The molecule has 0 saturated heterocycles. The Kier molecular flexibility index (Phi) is 3.70. The van der Waals surface area contributed by atoms with Crippen molar-refractivity contribution in [3.63, 3.8) is 0 Å². The number of hydrogen-bond donors (Lipinski definition) is 2. The Morgan fingerprint density at radius 1 is 1.53 bits per heavy atom. The molecule has 0 aliphatic carbocycles. The van der Waals surface area contributed by atoms with Gasteiger partial charge in [-0.3, -0.25) is 4.79 Å². The number of carboxylic acids is 1. The average molecular weight is 282 g/mol. The van der Waals surface area contributed by atoms with E-state index >= 15 is 0 Å². The molecule has 0 aliphatic heterocycles. The Hall–Kier alpha value is -2.09. The second-order valence-electron chi connectivity index (χ2n) is 3.82. The first-order valence-electron chi connectivity index (χ1n) is 5.30. The Balaban J connectivity index is 2.36. The van der Waals surface area contributed by atoms with E-state index in [1.807, 2.05) is 0 Å². The number of hydrogen-bond acceptors (Lipinski definition) is 5. The molecule has 8 heteroatoms. The quantitative estimate of drug-likeness (QED) is 0.648. The van der Waals surface area contributed by atoms with Crippen molar-refractivity contribution in [3.05, 3.63) is 29.6 Å². The lowest BCUT2D eigenvalue weighted by Crippen LogP contribution is -2.13. The summed E-state index contributed by atoms with van der Waals surface area (Å²) in [6.45, 7) is 1.80. The second-order valence-corrected chi connectivity index (χ2v) is 4.76. The van der Waals surface area contributed by atoms with Gasteiger partial charge in [-0.25, -0.2) is 9.07 Å². The molecule has 1 aromatic carbocycles. The van der Waals surface area contributed by atoms with Crippen molar-refractivity contribution >= 4 is 17.7 Å². The van der Waals surface area contributed by atoms with Gasteiger partial charge in [0.05, 0.1) is 5.75 Å². The molecule has 0 bridgehead atoms. The molecular formula is C11H11FN4O2S. The van der Waals surface area contributed by atoms with Gasteiger partial charge in [-0.2, -0.15) is 0 Å². The molecule has 0 aliphatic rings. The van der Waals surface area contributed by atoms with Crippen LogP contribution in [0, 0.1) is 12.7 Å². The number of nitrogens with zero attached hydrogens (tertiary/aromatic N) is 3. The fourth-order valence-corrected chi connectivity index (χ4v) is 2.10. The second kappa shape index (κ2) is 5.27. The molecule has 0 unspecified atom stereocenters. The molecule has 1 aromatic heterocycles. The summed E-state index contributed by atoms with van der Waals surface area (Å²) in [4.78, 5) is 10.5. The zero-order valence-electron chi connectivity index (χ0n) is 10.00. The molecule has 19 heavy (non-hydrogen) atoms. The standard InChI is InChI=1S/C11H11FN4O2S/c1-6-2-3-7(12)4-8(6)10-14-15-11(16(10)13)19-5-9(17)18/h2-4H,5,13H2,1H3,(H,17,18). The molecule has 0 atom stereocenters. The highest BCUT2D eigenvalue weighted by Crippen LogP contribution is 2.24. The zero-order valence-corrected chi connectivity index (χ0v) is 10.8. The zero-order chi connectivity index (χ0) is 14.0. The predicted octanol–water partition coefficient (Wildman–Crippen LogP) is 1.28. The maximum absolute atomic E-state index is 13.2. The highest BCUT2D eigenvalue weighted by Gasteiger charge is 2.15. The molecule has 100 valence electrons. The van der Waals surface area contributed by atoms with Crippen LogP contribution < -0.4 is 5.84 Å². The fourth-order valence-electron chi connectivity index (χ4n) is 1.52. The van der Waals surface area contributed by atoms with E-state index in [9.17, 15) is 9.18 Å². The Labute approximate surface area is 112 Å². The van der Waals surface area contributed by atoms with Gasteiger partial charge in [0.1, 0.15) is 5.82 Å². The van der Waals surface area contributed by atoms with Crippen LogP contribution >= 0.6 is 11.8 Å². The van der Waals surface area contributed by atoms with Crippen molar-refractivity contribution in [1.82, 2.24) is 14.9 Å². The third-order valence-electron chi connectivity index (χ3n) is 2.43. The van der Waals surface area contributed by atoms with E-state index < -0.39 is 11.8 Å². The van der Waals surface area contributed by atoms with Crippen LogP contribution in [0.15, 0.2) is 23.4 Å². The van der Waals surface area contributed by atoms with E-state index in [1.54, 1.807) is 13.0 Å². The molecule has 6 nitrogen and oxygen atoms in total. The molecule has 3 N–H and O–H groups in total. The number of halogens is 1. The van der Waals surface area contributed by atoms with E-state index in [0.29, 0.717) is 11.4 Å². The third-order valence-corrected chi connectivity index (χ3v) is 3.36. The maximum Gasteiger partial charge on any atom is 0.313 e. The van der Waals surface area contributed by atoms with E-state index in [1.165, 1.54) is 12.1 Å². The fraction of sp³-hybridized carbons (Fsp3) is 0.182. The Morgan fingerprint density at radius 2 is 2.26 bits per heavy atom. The molecule has 0 fully saturated rings. The van der Waals surface area contributed by atoms with Crippen molar-refractivity contribution in [3.8, 4) is 11.4 Å². The lowest BCUT2D eigenvalue weighted by molar-refractivity contribution is -0.133. The van der Waals surface area contributed by atoms with Crippen LogP contribution in [0.1, 0.15) is 5.56 Å². The topological polar surface area (TPSA) is 94.0 Å². The van der Waals surface area contributed by atoms with Crippen molar-refractivity contribution in [2.45, 2.75) is 12.1 Å². The van der Waals surface area contributed by atoms with Crippen LogP contribution in [0.25, 0.3) is 11.4 Å². The van der Waals surface area contributed by atoms with E-state index in [4.69, 9.17) is 10.9 Å². The minimum atomic E-state index is -0.975. The highest BCUT2D eigenvalue weighted by atomic mass is 32.2. The number of nitrogen functional groups attached to an aromatic ring is 1. The summed E-state index contributed by atoms with van der Waals surface area (Å²) in [7, 11) is 0. The number of nitrogens with two attached hydrogens (primary N) is 1. The number of carboxylic acid groups (broad SMARTS) is 1. The molecule has 2 rings (SSSR count). The predicted molar refractivity (Wildman–Crippen MR) is 68.7 cm³/mol. The van der Waals surface area contributed by atoms with Gasteiger partial charge in [0.25, 0.3) is 0 Å². The minimum absolute atomic E-state index is 0.169. The summed E-state index contributed by atoms with van der Waals surface area (Å²) in [5.41, 5.74) is 1.33. The number of rotatable bonds is 4. The molecule has 0 amide bonds. The first-order chi connectivity index (χ1) is 8.99. The Bertz CT molecular complexity index is 629. The normalized spacial score (nSPS) is 10.6. The summed E-state index contributed by atoms with van der Waals surface area (Å²) in [6.07, 6.45) is 0. The van der Waals surface area contributed by atoms with Crippen LogP contribution in [0.4, 0.5) is 4.39 Å². The van der Waals surface area contributed by atoms with E-state index in [-0.39, 0.29) is 10.9 Å². The minimum Gasteiger partial charge on any atom is -0.481 e. The number of aryl methyl sites for hydroxylation is 1. The number of aliphatic carboxylic acids is 1.